The molecule has 140 valence electrons. The van der Waals surface area contributed by atoms with E-state index in [-0.39, 0.29) is 22.7 Å². The van der Waals surface area contributed by atoms with Crippen LogP contribution >= 0.6 is 0 Å². The van der Waals surface area contributed by atoms with Gasteiger partial charge in [0.05, 0.1) is 11.4 Å². The Bertz CT molecular complexity index is 944. The van der Waals surface area contributed by atoms with E-state index in [2.05, 4.69) is 29.4 Å². The Morgan fingerprint density at radius 1 is 1.30 bits per heavy atom. The van der Waals surface area contributed by atoms with Crippen molar-refractivity contribution in [3.63, 3.8) is 0 Å². The first-order chi connectivity index (χ1) is 12.9. The fraction of sp³-hybridized carbons (Fsp3) is 0.476. The minimum absolute atomic E-state index is 0.00742. The first kappa shape index (κ1) is 16.7. The standard InChI is InChI=1S/C21H23FN4O/c1-20(2)15-7-8-21(20,12-26-10-9-23-19(26)27)18-14(15)11-17(24-25-18)13-5-3-4-6-16(13)22/h3-6,11,15H,7-10,12H2,1-2H3,(H,23,27). The molecular weight excluding hydrogens is 343 g/mol. The average Bonchev–Trinajstić information content (AvgIpc) is 3.22. The third kappa shape index (κ3) is 2.12. The number of nitrogens with zero attached hydrogens (tertiary/aromatic N) is 3. The maximum atomic E-state index is 14.2. The molecule has 1 saturated heterocycles. The summed E-state index contributed by atoms with van der Waals surface area (Å²) in [7, 11) is 0. The summed E-state index contributed by atoms with van der Waals surface area (Å²) in [5.74, 6) is 0.0804. The van der Waals surface area contributed by atoms with E-state index in [9.17, 15) is 9.18 Å². The molecule has 3 aliphatic rings. The molecule has 1 aliphatic heterocycles. The van der Waals surface area contributed by atoms with E-state index in [4.69, 9.17) is 0 Å². The molecule has 2 atom stereocenters. The van der Waals surface area contributed by atoms with Crippen LogP contribution in [0.1, 0.15) is 43.9 Å². The van der Waals surface area contributed by atoms with Crippen LogP contribution in [0.5, 0.6) is 0 Å². The molecule has 5 rings (SSSR count). The van der Waals surface area contributed by atoms with Gasteiger partial charge >= 0.3 is 6.03 Å². The third-order valence-corrected chi connectivity index (χ3v) is 7.17. The van der Waals surface area contributed by atoms with Gasteiger partial charge in [-0.05, 0) is 47.9 Å². The van der Waals surface area contributed by atoms with Crippen molar-refractivity contribution in [3.8, 4) is 11.3 Å². The molecular formula is C21H23FN4O. The highest BCUT2D eigenvalue weighted by molar-refractivity contribution is 5.76. The van der Waals surface area contributed by atoms with Crippen molar-refractivity contribution in [2.45, 2.75) is 38.0 Å². The molecule has 0 spiro atoms. The summed E-state index contributed by atoms with van der Waals surface area (Å²) in [6.45, 7) is 6.66. The molecule has 2 amide bonds. The number of carbonyl (C=O) groups is 1. The van der Waals surface area contributed by atoms with Crippen molar-refractivity contribution < 1.29 is 9.18 Å². The van der Waals surface area contributed by atoms with Gasteiger partial charge < -0.3 is 10.2 Å². The zero-order valence-electron chi connectivity index (χ0n) is 15.6. The number of benzene rings is 1. The van der Waals surface area contributed by atoms with Crippen molar-refractivity contribution in [1.82, 2.24) is 20.4 Å². The summed E-state index contributed by atoms with van der Waals surface area (Å²) in [6.07, 6.45) is 2.08. The summed E-state index contributed by atoms with van der Waals surface area (Å²) < 4.78 is 14.2. The summed E-state index contributed by atoms with van der Waals surface area (Å²) in [6, 6.07) is 8.73. The number of aromatic nitrogens is 2. The van der Waals surface area contributed by atoms with Gasteiger partial charge in [-0.1, -0.05) is 26.0 Å². The van der Waals surface area contributed by atoms with Crippen LogP contribution in [-0.2, 0) is 5.41 Å². The number of fused-ring (bicyclic) bond motifs is 5. The predicted molar refractivity (Wildman–Crippen MR) is 99.8 cm³/mol. The number of carbonyl (C=O) groups excluding carboxylic acids is 1. The summed E-state index contributed by atoms with van der Waals surface area (Å²) in [5.41, 5.74) is 3.06. The highest BCUT2D eigenvalue weighted by Crippen LogP contribution is 2.67. The highest BCUT2D eigenvalue weighted by atomic mass is 19.1. The van der Waals surface area contributed by atoms with E-state index >= 15 is 0 Å². The van der Waals surface area contributed by atoms with Gasteiger partial charge in [0.15, 0.2) is 0 Å². The number of nitrogens with one attached hydrogen (secondary N) is 1. The largest absolute Gasteiger partial charge is 0.336 e. The van der Waals surface area contributed by atoms with Crippen LogP contribution in [0.4, 0.5) is 9.18 Å². The lowest BCUT2D eigenvalue weighted by Gasteiger charge is -2.40. The number of halogens is 1. The second-order valence-corrected chi connectivity index (χ2v) is 8.56. The number of hydrogen-bond acceptors (Lipinski definition) is 3. The Labute approximate surface area is 158 Å². The summed E-state index contributed by atoms with van der Waals surface area (Å²) in [5, 5.41) is 11.9. The van der Waals surface area contributed by atoms with Gasteiger partial charge in [0.25, 0.3) is 0 Å². The molecule has 27 heavy (non-hydrogen) atoms. The lowest BCUT2D eigenvalue weighted by atomic mass is 9.68. The monoisotopic (exact) mass is 366 g/mol. The molecule has 2 aliphatic carbocycles. The lowest BCUT2D eigenvalue weighted by molar-refractivity contribution is 0.147. The van der Waals surface area contributed by atoms with Gasteiger partial charge in [-0.15, -0.1) is 0 Å². The SMILES string of the molecule is CC1(C)C2CCC1(CN1CCNC1=O)c1nnc(-c3ccccc3F)cc12. The van der Waals surface area contributed by atoms with E-state index in [1.54, 1.807) is 12.1 Å². The Morgan fingerprint density at radius 3 is 2.85 bits per heavy atom. The molecule has 1 saturated carbocycles. The number of urea groups is 1. The van der Waals surface area contributed by atoms with Crippen molar-refractivity contribution >= 4 is 6.03 Å². The third-order valence-electron chi connectivity index (χ3n) is 7.17. The van der Waals surface area contributed by atoms with Gasteiger partial charge in [-0.3, -0.25) is 0 Å². The molecule has 5 nitrogen and oxygen atoms in total. The van der Waals surface area contributed by atoms with Crippen LogP contribution in [0.15, 0.2) is 30.3 Å². The number of rotatable bonds is 3. The van der Waals surface area contributed by atoms with Crippen molar-refractivity contribution in [1.29, 1.82) is 0 Å². The molecule has 2 bridgehead atoms. The zero-order valence-corrected chi connectivity index (χ0v) is 15.6. The Hall–Kier alpha value is -2.50. The van der Waals surface area contributed by atoms with Crippen LogP contribution < -0.4 is 5.32 Å². The summed E-state index contributed by atoms with van der Waals surface area (Å²) in [4.78, 5) is 14.1. The molecule has 1 N–H and O–H groups in total. The molecule has 1 aromatic carbocycles. The van der Waals surface area contributed by atoms with E-state index in [1.165, 1.54) is 11.6 Å². The topological polar surface area (TPSA) is 58.1 Å². The minimum atomic E-state index is -0.280. The van der Waals surface area contributed by atoms with Gasteiger partial charge in [-0.25, -0.2) is 9.18 Å². The normalized spacial score (nSPS) is 27.7. The fourth-order valence-electron chi connectivity index (χ4n) is 5.56. The fourth-order valence-corrected chi connectivity index (χ4v) is 5.56. The Balaban J connectivity index is 1.60. The molecule has 2 fully saturated rings. The molecule has 0 radical (unpaired) electrons. The van der Waals surface area contributed by atoms with Gasteiger partial charge in [0.1, 0.15) is 5.82 Å². The molecule has 2 unspecified atom stereocenters. The van der Waals surface area contributed by atoms with E-state index in [0.29, 0.717) is 30.3 Å². The molecule has 6 heteroatoms. The Morgan fingerprint density at radius 2 is 2.11 bits per heavy atom. The van der Waals surface area contributed by atoms with Crippen molar-refractivity contribution in [3.05, 3.63) is 47.4 Å². The quantitative estimate of drug-likeness (QED) is 0.905. The predicted octanol–water partition coefficient (Wildman–Crippen LogP) is 3.46. The molecule has 2 heterocycles. The lowest BCUT2D eigenvalue weighted by Crippen LogP contribution is -2.47. The van der Waals surface area contributed by atoms with E-state index < -0.39 is 0 Å². The second-order valence-electron chi connectivity index (χ2n) is 8.56. The average molecular weight is 366 g/mol. The van der Waals surface area contributed by atoms with E-state index in [0.717, 1.165) is 25.1 Å². The zero-order chi connectivity index (χ0) is 18.8. The maximum absolute atomic E-state index is 14.2. The Kier molecular flexibility index (Phi) is 3.39. The smallest absolute Gasteiger partial charge is 0.317 e. The van der Waals surface area contributed by atoms with Gasteiger partial charge in [0, 0.05) is 30.6 Å². The van der Waals surface area contributed by atoms with E-state index in [1.807, 2.05) is 17.0 Å². The second kappa shape index (κ2) is 5.50. The maximum Gasteiger partial charge on any atom is 0.317 e. The van der Waals surface area contributed by atoms with Crippen LogP contribution in [0.25, 0.3) is 11.3 Å². The highest BCUT2D eigenvalue weighted by Gasteiger charge is 2.64. The van der Waals surface area contributed by atoms with Gasteiger partial charge in [-0.2, -0.15) is 10.2 Å². The first-order valence-corrected chi connectivity index (χ1v) is 9.60. The van der Waals surface area contributed by atoms with Crippen molar-refractivity contribution in [2.24, 2.45) is 5.41 Å². The molecule has 1 aromatic heterocycles. The van der Waals surface area contributed by atoms with Crippen LogP contribution in [-0.4, -0.2) is 40.8 Å². The number of hydrogen-bond donors (Lipinski definition) is 1. The van der Waals surface area contributed by atoms with Crippen LogP contribution in [0.2, 0.25) is 0 Å². The summed E-state index contributed by atoms with van der Waals surface area (Å²) >= 11 is 0. The molecule has 2 aromatic rings. The number of amides is 2. The minimum Gasteiger partial charge on any atom is -0.336 e. The van der Waals surface area contributed by atoms with Crippen LogP contribution in [0, 0.1) is 11.2 Å². The van der Waals surface area contributed by atoms with Crippen molar-refractivity contribution in [2.75, 3.05) is 19.6 Å². The van der Waals surface area contributed by atoms with Crippen LogP contribution in [0.3, 0.4) is 0 Å². The first-order valence-electron chi connectivity index (χ1n) is 9.60. The van der Waals surface area contributed by atoms with Gasteiger partial charge in [0.2, 0.25) is 0 Å².